The van der Waals surface area contributed by atoms with E-state index < -0.39 is 0 Å². The lowest BCUT2D eigenvalue weighted by Gasteiger charge is -2.17. The first-order valence-corrected chi connectivity index (χ1v) is 5.93. The van der Waals surface area contributed by atoms with Crippen LogP contribution in [0.1, 0.15) is 5.56 Å². The number of anilines is 1. The Labute approximate surface area is 103 Å². The average molecular weight is 294 g/mol. The van der Waals surface area contributed by atoms with Gasteiger partial charge in [0.05, 0.1) is 12.6 Å². The summed E-state index contributed by atoms with van der Waals surface area (Å²) in [4.78, 5) is 4.28. The Morgan fingerprint density at radius 1 is 1.67 bits per heavy atom. The Morgan fingerprint density at radius 2 is 2.40 bits per heavy atom. The highest BCUT2D eigenvalue weighted by Gasteiger charge is 2.09. The number of pyridine rings is 1. The van der Waals surface area contributed by atoms with Crippen molar-refractivity contribution in [2.24, 2.45) is 0 Å². The second-order valence-corrected chi connectivity index (χ2v) is 4.49. The summed E-state index contributed by atoms with van der Waals surface area (Å²) in [5.74, 6) is 1.34. The minimum atomic E-state index is 0.0871. The zero-order valence-electron chi connectivity index (χ0n) is 8.76. The first kappa shape index (κ1) is 12.7. The van der Waals surface area contributed by atoms with Gasteiger partial charge in [-0.3, -0.25) is 0 Å². The summed E-state index contributed by atoms with van der Waals surface area (Å²) in [6.45, 7) is 2.57. The van der Waals surface area contributed by atoms with Crippen LogP contribution in [0.5, 0.6) is 0 Å². The van der Waals surface area contributed by atoms with Crippen LogP contribution in [0.25, 0.3) is 0 Å². The van der Waals surface area contributed by atoms with Crippen molar-refractivity contribution in [2.75, 3.05) is 24.9 Å². The number of nitrogens with zero attached hydrogens (tertiary/aromatic N) is 1. The summed E-state index contributed by atoms with van der Waals surface area (Å²) in [5.41, 5.74) is 1.08. The topological polar surface area (TPSA) is 34.1 Å². The predicted octanol–water partition coefficient (Wildman–Crippen LogP) is 2.82. The fourth-order valence-corrected chi connectivity index (χ4v) is 1.82. The highest BCUT2D eigenvalue weighted by Crippen LogP contribution is 2.17. The van der Waals surface area contributed by atoms with Gasteiger partial charge < -0.3 is 10.1 Å². The highest BCUT2D eigenvalue weighted by molar-refractivity contribution is 9.10. The van der Waals surface area contributed by atoms with Crippen LogP contribution in [0.4, 0.5) is 5.82 Å². The number of nitrogens with one attached hydrogen (secondary N) is 1. The van der Waals surface area contributed by atoms with Crippen LogP contribution in [0.15, 0.2) is 16.7 Å². The summed E-state index contributed by atoms with van der Waals surface area (Å²) in [5, 5.41) is 3.24. The van der Waals surface area contributed by atoms with Gasteiger partial charge in [-0.2, -0.15) is 0 Å². The van der Waals surface area contributed by atoms with E-state index in [0.717, 1.165) is 15.9 Å². The molecule has 0 aromatic carbocycles. The Hall–Kier alpha value is -0.320. The van der Waals surface area contributed by atoms with E-state index in [0.29, 0.717) is 12.5 Å². The van der Waals surface area contributed by atoms with Crippen molar-refractivity contribution in [3.8, 4) is 0 Å². The minimum absolute atomic E-state index is 0.0871. The van der Waals surface area contributed by atoms with Gasteiger partial charge in [-0.05, 0) is 34.5 Å². The van der Waals surface area contributed by atoms with E-state index in [1.165, 1.54) is 0 Å². The molecule has 0 spiro atoms. The lowest BCUT2D eigenvalue weighted by atomic mass is 10.2. The minimum Gasteiger partial charge on any atom is -0.383 e. The Morgan fingerprint density at radius 3 is 2.93 bits per heavy atom. The van der Waals surface area contributed by atoms with Gasteiger partial charge in [-0.25, -0.2) is 4.98 Å². The molecule has 0 radical (unpaired) electrons. The van der Waals surface area contributed by atoms with E-state index in [2.05, 4.69) is 26.2 Å². The van der Waals surface area contributed by atoms with Crippen LogP contribution in [0.3, 0.4) is 0 Å². The lowest BCUT2D eigenvalue weighted by molar-refractivity contribution is 0.191. The predicted molar refractivity (Wildman–Crippen MR) is 66.7 cm³/mol. The molecule has 0 saturated heterocycles. The van der Waals surface area contributed by atoms with Gasteiger partial charge in [0.15, 0.2) is 0 Å². The molecule has 0 aliphatic heterocycles. The van der Waals surface area contributed by atoms with E-state index in [4.69, 9.17) is 16.3 Å². The van der Waals surface area contributed by atoms with E-state index in [1.807, 2.05) is 13.0 Å². The zero-order chi connectivity index (χ0) is 11.3. The molecule has 1 aromatic rings. The molecule has 3 nitrogen and oxygen atoms in total. The molecule has 84 valence electrons. The average Bonchev–Trinajstić information content (AvgIpc) is 2.21. The lowest BCUT2D eigenvalue weighted by Crippen LogP contribution is -2.27. The molecule has 1 heterocycles. The van der Waals surface area contributed by atoms with Crippen molar-refractivity contribution in [3.63, 3.8) is 0 Å². The normalized spacial score (nSPS) is 12.5. The smallest absolute Gasteiger partial charge is 0.129 e. The molecule has 0 aliphatic carbocycles. The van der Waals surface area contributed by atoms with Crippen LogP contribution in [0.2, 0.25) is 0 Å². The molecule has 0 fully saturated rings. The SMILES string of the molecule is COCC(CCl)Nc1ncc(Br)cc1C. The van der Waals surface area contributed by atoms with Crippen molar-refractivity contribution >= 4 is 33.3 Å². The largest absolute Gasteiger partial charge is 0.383 e. The maximum atomic E-state index is 5.80. The summed E-state index contributed by atoms with van der Waals surface area (Å²) in [6.07, 6.45) is 1.76. The van der Waals surface area contributed by atoms with Gasteiger partial charge in [0.1, 0.15) is 5.82 Å². The zero-order valence-corrected chi connectivity index (χ0v) is 11.1. The van der Waals surface area contributed by atoms with Crippen molar-refractivity contribution in [1.82, 2.24) is 4.98 Å². The van der Waals surface area contributed by atoms with Crippen LogP contribution in [-0.2, 0) is 4.74 Å². The molecule has 0 bridgehead atoms. The quantitative estimate of drug-likeness (QED) is 0.848. The molecule has 0 amide bonds. The number of methoxy groups -OCH3 is 1. The van der Waals surface area contributed by atoms with Gasteiger partial charge in [-0.15, -0.1) is 11.6 Å². The summed E-state index contributed by atoms with van der Waals surface area (Å²) in [6, 6.07) is 2.09. The number of aryl methyl sites for hydroxylation is 1. The maximum Gasteiger partial charge on any atom is 0.129 e. The first-order chi connectivity index (χ1) is 7.17. The number of halogens is 2. The van der Waals surface area contributed by atoms with Crippen LogP contribution in [0, 0.1) is 6.92 Å². The van der Waals surface area contributed by atoms with E-state index in [-0.39, 0.29) is 6.04 Å². The number of hydrogen-bond donors (Lipinski definition) is 1. The van der Waals surface area contributed by atoms with Crippen molar-refractivity contribution in [2.45, 2.75) is 13.0 Å². The van der Waals surface area contributed by atoms with Crippen LogP contribution >= 0.6 is 27.5 Å². The van der Waals surface area contributed by atoms with E-state index in [9.17, 15) is 0 Å². The second kappa shape index (κ2) is 6.30. The molecule has 5 heteroatoms. The van der Waals surface area contributed by atoms with Gasteiger partial charge in [0.2, 0.25) is 0 Å². The third-order valence-electron chi connectivity index (χ3n) is 1.94. The molecule has 15 heavy (non-hydrogen) atoms. The third-order valence-corrected chi connectivity index (χ3v) is 2.75. The molecule has 1 unspecified atom stereocenters. The molecule has 0 aliphatic rings. The van der Waals surface area contributed by atoms with Crippen LogP contribution < -0.4 is 5.32 Å². The van der Waals surface area contributed by atoms with Gasteiger partial charge >= 0.3 is 0 Å². The Bertz CT molecular complexity index is 322. The number of alkyl halides is 1. The Balaban J connectivity index is 2.70. The molecule has 1 N–H and O–H groups in total. The van der Waals surface area contributed by atoms with Crippen LogP contribution in [-0.4, -0.2) is 30.6 Å². The molecule has 1 atom stereocenters. The fourth-order valence-electron chi connectivity index (χ4n) is 1.21. The molecule has 1 aromatic heterocycles. The monoisotopic (exact) mass is 292 g/mol. The summed E-state index contributed by atoms with van der Waals surface area (Å²) < 4.78 is 6.02. The molecule has 1 rings (SSSR count). The Kier molecular flexibility index (Phi) is 5.36. The summed E-state index contributed by atoms with van der Waals surface area (Å²) in [7, 11) is 1.66. The molecular weight excluding hydrogens is 279 g/mol. The highest BCUT2D eigenvalue weighted by atomic mass is 79.9. The summed E-state index contributed by atoms with van der Waals surface area (Å²) >= 11 is 9.17. The number of hydrogen-bond acceptors (Lipinski definition) is 3. The van der Waals surface area contributed by atoms with Crippen molar-refractivity contribution < 1.29 is 4.74 Å². The first-order valence-electron chi connectivity index (χ1n) is 4.61. The number of rotatable bonds is 5. The maximum absolute atomic E-state index is 5.80. The second-order valence-electron chi connectivity index (χ2n) is 3.27. The van der Waals surface area contributed by atoms with Gasteiger partial charge in [0.25, 0.3) is 0 Å². The van der Waals surface area contributed by atoms with Gasteiger partial charge in [-0.1, -0.05) is 0 Å². The van der Waals surface area contributed by atoms with E-state index >= 15 is 0 Å². The third kappa shape index (κ3) is 3.97. The number of ether oxygens (including phenoxy) is 1. The standard InChI is InChI=1S/C10H14BrClN2O/c1-7-3-8(11)5-13-10(7)14-9(4-12)6-15-2/h3,5,9H,4,6H2,1-2H3,(H,13,14). The molecule has 0 saturated carbocycles. The number of aromatic nitrogens is 1. The van der Waals surface area contributed by atoms with Crippen molar-refractivity contribution in [1.29, 1.82) is 0 Å². The molecular formula is C10H14BrClN2O. The van der Waals surface area contributed by atoms with Crippen molar-refractivity contribution in [3.05, 3.63) is 22.3 Å². The van der Waals surface area contributed by atoms with E-state index in [1.54, 1.807) is 13.3 Å². The van der Waals surface area contributed by atoms with Gasteiger partial charge in [0, 0.05) is 23.7 Å². The fraction of sp³-hybridized carbons (Fsp3) is 0.500.